The first kappa shape index (κ1) is 16.2. The summed E-state index contributed by atoms with van der Waals surface area (Å²) in [5.74, 6) is 0. The number of hydrogen-bond donors (Lipinski definition) is 1. The van der Waals surface area contributed by atoms with Gasteiger partial charge in [0.1, 0.15) is 4.21 Å². The molecule has 21 heavy (non-hydrogen) atoms. The van der Waals surface area contributed by atoms with Crippen LogP contribution in [-0.4, -0.2) is 19.8 Å². The van der Waals surface area contributed by atoms with Crippen molar-refractivity contribution in [3.8, 4) is 0 Å². The third-order valence-electron chi connectivity index (χ3n) is 3.50. The van der Waals surface area contributed by atoms with Gasteiger partial charge >= 0.3 is 0 Å². The Morgan fingerprint density at radius 3 is 2.43 bits per heavy atom. The van der Waals surface area contributed by atoms with Crippen molar-refractivity contribution in [2.24, 2.45) is 5.73 Å². The summed E-state index contributed by atoms with van der Waals surface area (Å²) in [4.78, 5) is 0.915. The minimum atomic E-state index is -3.47. The zero-order chi connectivity index (χ0) is 15.6. The fraction of sp³-hybridized carbons (Fsp3) is 0.333. The average molecular weight is 324 g/mol. The SMILES string of the molecule is Cc1ccccc1CN(C)S(=O)(=O)c1cc(C)c(CN)s1. The maximum Gasteiger partial charge on any atom is 0.252 e. The second kappa shape index (κ2) is 6.27. The molecular formula is C15H20N2O2S2. The van der Waals surface area contributed by atoms with Crippen molar-refractivity contribution in [3.63, 3.8) is 0 Å². The molecule has 0 bridgehead atoms. The van der Waals surface area contributed by atoms with Crippen LogP contribution >= 0.6 is 11.3 Å². The molecule has 0 spiro atoms. The van der Waals surface area contributed by atoms with Crippen LogP contribution in [0.4, 0.5) is 0 Å². The second-order valence-corrected chi connectivity index (χ2v) is 8.47. The lowest BCUT2D eigenvalue weighted by atomic mass is 10.1. The van der Waals surface area contributed by atoms with E-state index in [1.54, 1.807) is 13.1 Å². The molecule has 6 heteroatoms. The molecule has 2 aromatic rings. The molecule has 1 aromatic heterocycles. The van der Waals surface area contributed by atoms with Gasteiger partial charge in [-0.3, -0.25) is 0 Å². The molecule has 2 N–H and O–H groups in total. The maximum atomic E-state index is 12.6. The number of aryl methyl sites for hydroxylation is 2. The molecule has 0 aliphatic rings. The van der Waals surface area contributed by atoms with Gasteiger partial charge in [-0.15, -0.1) is 11.3 Å². The summed E-state index contributed by atoms with van der Waals surface area (Å²) in [6.07, 6.45) is 0. The van der Waals surface area contributed by atoms with Crippen molar-refractivity contribution in [2.75, 3.05) is 7.05 Å². The lowest BCUT2D eigenvalue weighted by Gasteiger charge is -2.17. The Kier molecular flexibility index (Phi) is 4.83. The predicted octanol–water partition coefficient (Wildman–Crippen LogP) is 2.64. The van der Waals surface area contributed by atoms with Gasteiger partial charge in [0.05, 0.1) is 0 Å². The second-order valence-electron chi connectivity index (χ2n) is 5.06. The molecule has 0 fully saturated rings. The minimum Gasteiger partial charge on any atom is -0.326 e. The Hall–Kier alpha value is -1.21. The number of sulfonamides is 1. The summed E-state index contributed by atoms with van der Waals surface area (Å²) >= 11 is 1.25. The molecule has 0 atom stereocenters. The lowest BCUT2D eigenvalue weighted by molar-refractivity contribution is 0.467. The third kappa shape index (κ3) is 3.35. The van der Waals surface area contributed by atoms with Gasteiger partial charge in [-0.1, -0.05) is 24.3 Å². The normalized spacial score (nSPS) is 12.0. The van der Waals surface area contributed by atoms with Crippen molar-refractivity contribution in [1.82, 2.24) is 4.31 Å². The van der Waals surface area contributed by atoms with Crippen LogP contribution in [0.15, 0.2) is 34.5 Å². The van der Waals surface area contributed by atoms with Crippen molar-refractivity contribution < 1.29 is 8.42 Å². The summed E-state index contributed by atoms with van der Waals surface area (Å²) in [6, 6.07) is 9.51. The molecule has 2 rings (SSSR count). The maximum absolute atomic E-state index is 12.6. The third-order valence-corrected chi connectivity index (χ3v) is 7.01. The van der Waals surface area contributed by atoms with Crippen LogP contribution < -0.4 is 5.73 Å². The molecule has 4 nitrogen and oxygen atoms in total. The van der Waals surface area contributed by atoms with Crippen molar-refractivity contribution in [3.05, 3.63) is 51.9 Å². The highest BCUT2D eigenvalue weighted by atomic mass is 32.2. The van der Waals surface area contributed by atoms with E-state index in [1.165, 1.54) is 15.6 Å². The van der Waals surface area contributed by atoms with Crippen LogP contribution in [0.1, 0.15) is 21.6 Å². The summed E-state index contributed by atoms with van der Waals surface area (Å²) in [7, 11) is -1.86. The first-order valence-electron chi connectivity index (χ1n) is 6.66. The van der Waals surface area contributed by atoms with E-state index in [9.17, 15) is 8.42 Å². The molecule has 0 aliphatic heterocycles. The van der Waals surface area contributed by atoms with Crippen LogP contribution in [0.2, 0.25) is 0 Å². The molecule has 0 unspecified atom stereocenters. The molecule has 0 saturated heterocycles. The van der Waals surface area contributed by atoms with E-state index in [1.807, 2.05) is 38.1 Å². The van der Waals surface area contributed by atoms with Crippen LogP contribution in [0, 0.1) is 13.8 Å². The summed E-state index contributed by atoms with van der Waals surface area (Å²) in [5.41, 5.74) is 8.66. The fourth-order valence-corrected chi connectivity index (χ4v) is 4.91. The minimum absolute atomic E-state index is 0.358. The summed E-state index contributed by atoms with van der Waals surface area (Å²) in [5, 5.41) is 0. The van der Waals surface area contributed by atoms with Crippen molar-refractivity contribution in [2.45, 2.75) is 31.1 Å². The number of benzene rings is 1. The first-order chi connectivity index (χ1) is 9.86. The van der Waals surface area contributed by atoms with Crippen LogP contribution in [0.5, 0.6) is 0 Å². The van der Waals surface area contributed by atoms with E-state index < -0.39 is 10.0 Å². The van der Waals surface area contributed by atoms with E-state index >= 15 is 0 Å². The van der Waals surface area contributed by atoms with Gasteiger partial charge in [0.2, 0.25) is 0 Å². The lowest BCUT2D eigenvalue weighted by Crippen LogP contribution is -2.26. The molecule has 0 aliphatic carbocycles. The van der Waals surface area contributed by atoms with Crippen LogP contribution in [0.25, 0.3) is 0 Å². The van der Waals surface area contributed by atoms with Crippen LogP contribution in [0.3, 0.4) is 0 Å². The number of rotatable bonds is 5. The molecule has 0 saturated carbocycles. The van der Waals surface area contributed by atoms with Gasteiger partial charge in [-0.25, -0.2) is 8.42 Å². The highest BCUT2D eigenvalue weighted by Gasteiger charge is 2.24. The highest BCUT2D eigenvalue weighted by Crippen LogP contribution is 2.28. The predicted molar refractivity (Wildman–Crippen MR) is 86.8 cm³/mol. The van der Waals surface area contributed by atoms with Gasteiger partial charge < -0.3 is 5.73 Å². The first-order valence-corrected chi connectivity index (χ1v) is 8.92. The Balaban J connectivity index is 2.28. The zero-order valence-corrected chi connectivity index (χ0v) is 14.1. The molecule has 1 aromatic carbocycles. The van der Waals surface area contributed by atoms with Gasteiger partial charge in [0.15, 0.2) is 0 Å². The standard InChI is InChI=1S/C15H20N2O2S2/c1-11-6-4-5-7-13(11)10-17(3)21(18,19)15-8-12(2)14(9-16)20-15/h4-8H,9-10,16H2,1-3H3. The zero-order valence-electron chi connectivity index (χ0n) is 12.5. The molecule has 0 radical (unpaired) electrons. The van der Waals surface area contributed by atoms with E-state index in [-0.39, 0.29) is 0 Å². The monoisotopic (exact) mass is 324 g/mol. The smallest absolute Gasteiger partial charge is 0.252 e. The van der Waals surface area contributed by atoms with Gasteiger partial charge in [0.25, 0.3) is 10.0 Å². The quantitative estimate of drug-likeness (QED) is 0.919. The average Bonchev–Trinajstić information content (AvgIpc) is 2.83. The van der Waals surface area contributed by atoms with E-state index in [0.29, 0.717) is 17.3 Å². The summed E-state index contributed by atoms with van der Waals surface area (Å²) < 4.78 is 27.0. The molecule has 0 amide bonds. The number of nitrogens with two attached hydrogens (primary N) is 1. The van der Waals surface area contributed by atoms with Gasteiger partial charge in [0, 0.05) is 25.0 Å². The Morgan fingerprint density at radius 1 is 1.19 bits per heavy atom. The summed E-state index contributed by atoms with van der Waals surface area (Å²) in [6.45, 7) is 4.61. The van der Waals surface area contributed by atoms with Crippen molar-refractivity contribution >= 4 is 21.4 Å². The van der Waals surface area contributed by atoms with Gasteiger partial charge in [-0.2, -0.15) is 4.31 Å². The fourth-order valence-electron chi connectivity index (χ4n) is 2.08. The number of nitrogens with zero attached hydrogens (tertiary/aromatic N) is 1. The van der Waals surface area contributed by atoms with Crippen LogP contribution in [-0.2, 0) is 23.1 Å². The number of thiophene rings is 1. The van der Waals surface area contributed by atoms with E-state index in [2.05, 4.69) is 0 Å². The van der Waals surface area contributed by atoms with E-state index in [4.69, 9.17) is 5.73 Å². The molecule has 114 valence electrons. The Labute approximate surface area is 130 Å². The van der Waals surface area contributed by atoms with Gasteiger partial charge in [-0.05, 0) is 36.6 Å². The topological polar surface area (TPSA) is 63.4 Å². The molecule has 1 heterocycles. The largest absolute Gasteiger partial charge is 0.326 e. The van der Waals surface area contributed by atoms with Crippen molar-refractivity contribution in [1.29, 1.82) is 0 Å². The molecular weight excluding hydrogens is 304 g/mol. The van der Waals surface area contributed by atoms with E-state index in [0.717, 1.165) is 21.6 Å². The Bertz CT molecular complexity index is 736. The Morgan fingerprint density at radius 2 is 1.86 bits per heavy atom. The number of hydrogen-bond acceptors (Lipinski definition) is 4. The highest BCUT2D eigenvalue weighted by molar-refractivity contribution is 7.91.